The smallest absolute Gasteiger partial charge is 0.411 e. The number of ether oxygens (including phenoxy) is 2. The van der Waals surface area contributed by atoms with E-state index >= 15 is 0 Å². The molecule has 142 valence electrons. The lowest BCUT2D eigenvalue weighted by molar-refractivity contribution is 0.187. The Morgan fingerprint density at radius 2 is 2.15 bits per heavy atom. The minimum absolute atomic E-state index is 0.0774. The lowest BCUT2D eigenvalue weighted by atomic mass is 10.1. The van der Waals surface area contributed by atoms with Gasteiger partial charge in [-0.1, -0.05) is 30.2 Å². The first-order valence-corrected chi connectivity index (χ1v) is 8.46. The summed E-state index contributed by atoms with van der Waals surface area (Å²) >= 11 is 0. The van der Waals surface area contributed by atoms with Crippen LogP contribution in [0.2, 0.25) is 0 Å². The minimum atomic E-state index is -0.691. The molecule has 0 aliphatic rings. The number of nitrogens with zero attached hydrogens (tertiary/aromatic N) is 3. The van der Waals surface area contributed by atoms with E-state index in [9.17, 15) is 9.18 Å². The van der Waals surface area contributed by atoms with Crippen LogP contribution in [-0.4, -0.2) is 19.7 Å². The number of carbonyl (C=O) groups is 1. The number of amides is 1. The summed E-state index contributed by atoms with van der Waals surface area (Å²) in [5.41, 5.74) is 11.0. The van der Waals surface area contributed by atoms with Crippen LogP contribution in [0.1, 0.15) is 23.6 Å². The van der Waals surface area contributed by atoms with Crippen molar-refractivity contribution in [2.45, 2.75) is 26.4 Å². The van der Waals surface area contributed by atoms with Gasteiger partial charge in [0.25, 0.3) is 0 Å². The molecule has 0 aliphatic heterocycles. The van der Waals surface area contributed by atoms with Crippen LogP contribution < -0.4 is 10.1 Å². The van der Waals surface area contributed by atoms with E-state index in [1.165, 1.54) is 19.2 Å². The standard InChI is InChI=1S/C19H21FN4O3/c1-3-13-7-8-18(14(11-13)9-10-22-24-21)27-12-15-16(20)5-4-6-17(15)23-19(25)26-2/h4-8,11H,3,9-10,12H2,1-2H3,(H,23,25). The van der Waals surface area contributed by atoms with Gasteiger partial charge in [-0.05, 0) is 47.7 Å². The summed E-state index contributed by atoms with van der Waals surface area (Å²) in [5, 5.41) is 6.03. The first-order valence-electron chi connectivity index (χ1n) is 8.46. The van der Waals surface area contributed by atoms with Crippen LogP contribution in [-0.2, 0) is 24.2 Å². The number of nitrogens with one attached hydrogen (secondary N) is 1. The topological polar surface area (TPSA) is 96.3 Å². The van der Waals surface area contributed by atoms with Crippen LogP contribution >= 0.6 is 0 Å². The molecule has 1 amide bonds. The molecule has 0 saturated carbocycles. The maximum atomic E-state index is 14.2. The molecule has 0 saturated heterocycles. The molecule has 27 heavy (non-hydrogen) atoms. The molecule has 0 bridgehead atoms. The Hall–Kier alpha value is -3.25. The summed E-state index contributed by atoms with van der Waals surface area (Å²) in [6, 6.07) is 10.1. The second-order valence-corrected chi connectivity index (χ2v) is 5.67. The summed E-state index contributed by atoms with van der Waals surface area (Å²) in [6.45, 7) is 2.26. The number of aryl methyl sites for hydroxylation is 1. The van der Waals surface area contributed by atoms with E-state index in [1.54, 1.807) is 6.07 Å². The first-order chi connectivity index (χ1) is 13.1. The van der Waals surface area contributed by atoms with Gasteiger partial charge in [0.1, 0.15) is 18.2 Å². The number of rotatable bonds is 8. The molecule has 1 N–H and O–H groups in total. The molecule has 0 fully saturated rings. The fourth-order valence-corrected chi connectivity index (χ4v) is 2.54. The Kier molecular flexibility index (Phi) is 7.46. The molecule has 2 aromatic rings. The zero-order chi connectivity index (χ0) is 19.6. The molecule has 7 nitrogen and oxygen atoms in total. The highest BCUT2D eigenvalue weighted by atomic mass is 19.1. The van der Waals surface area contributed by atoms with Crippen LogP contribution in [0, 0.1) is 5.82 Å². The van der Waals surface area contributed by atoms with E-state index in [0.29, 0.717) is 18.7 Å². The fraction of sp³-hybridized carbons (Fsp3) is 0.316. The van der Waals surface area contributed by atoms with E-state index in [-0.39, 0.29) is 17.9 Å². The zero-order valence-electron chi connectivity index (χ0n) is 15.2. The normalized spacial score (nSPS) is 10.0. The number of benzene rings is 2. The Balaban J connectivity index is 2.23. The third-order valence-corrected chi connectivity index (χ3v) is 3.99. The Morgan fingerprint density at radius 3 is 2.85 bits per heavy atom. The first kappa shape index (κ1) is 20.1. The monoisotopic (exact) mass is 372 g/mol. The second kappa shape index (κ2) is 10.0. The molecule has 2 aromatic carbocycles. The molecular formula is C19H21FN4O3. The zero-order valence-corrected chi connectivity index (χ0v) is 15.2. The number of hydrogen-bond acceptors (Lipinski definition) is 4. The number of halogens is 1. The highest BCUT2D eigenvalue weighted by Gasteiger charge is 2.13. The van der Waals surface area contributed by atoms with Crippen molar-refractivity contribution in [2.24, 2.45) is 5.11 Å². The van der Waals surface area contributed by atoms with Gasteiger partial charge in [0.2, 0.25) is 0 Å². The maximum absolute atomic E-state index is 14.2. The molecule has 0 spiro atoms. The number of hydrogen-bond donors (Lipinski definition) is 1. The van der Waals surface area contributed by atoms with Crippen molar-refractivity contribution in [1.29, 1.82) is 0 Å². The van der Waals surface area contributed by atoms with Crippen LogP contribution in [0.3, 0.4) is 0 Å². The molecule has 0 heterocycles. The quantitative estimate of drug-likeness (QED) is 0.401. The maximum Gasteiger partial charge on any atom is 0.411 e. The van der Waals surface area contributed by atoms with Crippen molar-refractivity contribution < 1.29 is 18.7 Å². The SMILES string of the molecule is CCc1ccc(OCc2c(F)cccc2NC(=O)OC)c(CCN=[N+]=[N-])c1. The predicted octanol–water partition coefficient (Wildman–Crippen LogP) is 5.00. The summed E-state index contributed by atoms with van der Waals surface area (Å²) < 4.78 is 24.6. The minimum Gasteiger partial charge on any atom is -0.488 e. The van der Waals surface area contributed by atoms with Crippen LogP contribution in [0.5, 0.6) is 5.75 Å². The van der Waals surface area contributed by atoms with Crippen molar-refractivity contribution in [3.8, 4) is 5.75 Å². The van der Waals surface area contributed by atoms with E-state index in [4.69, 9.17) is 10.3 Å². The third-order valence-electron chi connectivity index (χ3n) is 3.99. The summed E-state index contributed by atoms with van der Waals surface area (Å²) in [6.07, 6.45) is 0.678. The van der Waals surface area contributed by atoms with E-state index in [2.05, 4.69) is 20.1 Å². The number of carbonyl (C=O) groups excluding carboxylic acids is 1. The number of anilines is 1. The average molecular weight is 372 g/mol. The average Bonchev–Trinajstić information content (AvgIpc) is 2.68. The Morgan fingerprint density at radius 1 is 1.33 bits per heavy atom. The Labute approximate surface area is 156 Å². The van der Waals surface area contributed by atoms with E-state index < -0.39 is 11.9 Å². The van der Waals surface area contributed by atoms with Gasteiger partial charge in [-0.15, -0.1) is 0 Å². The fourth-order valence-electron chi connectivity index (χ4n) is 2.54. The molecular weight excluding hydrogens is 351 g/mol. The van der Waals surface area contributed by atoms with Gasteiger partial charge in [0.05, 0.1) is 12.8 Å². The second-order valence-electron chi connectivity index (χ2n) is 5.67. The number of methoxy groups -OCH3 is 1. The molecule has 0 atom stereocenters. The van der Waals surface area contributed by atoms with Crippen molar-refractivity contribution in [1.82, 2.24) is 0 Å². The molecule has 0 aromatic heterocycles. The lowest BCUT2D eigenvalue weighted by Gasteiger charge is -2.15. The van der Waals surface area contributed by atoms with Crippen molar-refractivity contribution in [3.05, 3.63) is 69.3 Å². The molecule has 0 unspecified atom stereocenters. The summed E-state index contributed by atoms with van der Waals surface area (Å²) in [4.78, 5) is 14.2. The van der Waals surface area contributed by atoms with Crippen molar-refractivity contribution >= 4 is 11.8 Å². The van der Waals surface area contributed by atoms with E-state index in [1.807, 2.05) is 25.1 Å². The summed E-state index contributed by atoms with van der Waals surface area (Å²) in [5.74, 6) is 0.0809. The van der Waals surface area contributed by atoms with Gasteiger partial charge < -0.3 is 9.47 Å². The van der Waals surface area contributed by atoms with E-state index in [0.717, 1.165) is 17.5 Å². The van der Waals surface area contributed by atoms with Gasteiger partial charge in [0, 0.05) is 17.0 Å². The third kappa shape index (κ3) is 5.62. The largest absolute Gasteiger partial charge is 0.488 e. The van der Waals surface area contributed by atoms with Crippen LogP contribution in [0.4, 0.5) is 14.9 Å². The van der Waals surface area contributed by atoms with Gasteiger partial charge in [-0.25, -0.2) is 9.18 Å². The highest BCUT2D eigenvalue weighted by Crippen LogP contribution is 2.26. The highest BCUT2D eigenvalue weighted by molar-refractivity contribution is 5.85. The van der Waals surface area contributed by atoms with Gasteiger partial charge in [0.15, 0.2) is 0 Å². The molecule has 8 heteroatoms. The predicted molar refractivity (Wildman–Crippen MR) is 100 cm³/mol. The molecule has 0 aliphatic carbocycles. The summed E-state index contributed by atoms with van der Waals surface area (Å²) in [7, 11) is 1.23. The number of azide groups is 1. The van der Waals surface area contributed by atoms with Gasteiger partial charge in [-0.2, -0.15) is 0 Å². The van der Waals surface area contributed by atoms with Gasteiger partial charge >= 0.3 is 6.09 Å². The van der Waals surface area contributed by atoms with Crippen LogP contribution in [0.25, 0.3) is 10.4 Å². The Bertz CT molecular complexity index is 851. The lowest BCUT2D eigenvalue weighted by Crippen LogP contribution is -2.14. The molecule has 0 radical (unpaired) electrons. The van der Waals surface area contributed by atoms with Crippen molar-refractivity contribution in [3.63, 3.8) is 0 Å². The molecule has 2 rings (SSSR count). The van der Waals surface area contributed by atoms with Crippen molar-refractivity contribution in [2.75, 3.05) is 19.0 Å². The van der Waals surface area contributed by atoms with Gasteiger partial charge in [-0.3, -0.25) is 5.32 Å². The van der Waals surface area contributed by atoms with Crippen LogP contribution in [0.15, 0.2) is 41.5 Å².